The maximum atomic E-state index is 13.0. The van der Waals surface area contributed by atoms with E-state index in [0.717, 1.165) is 6.20 Å². The van der Waals surface area contributed by atoms with Gasteiger partial charge in [-0.25, -0.2) is 13.3 Å². The van der Waals surface area contributed by atoms with Gasteiger partial charge in [-0.05, 0) is 39.8 Å². The Morgan fingerprint density at radius 1 is 1.48 bits per heavy atom. The first-order valence-corrected chi connectivity index (χ1v) is 7.84. The lowest BCUT2D eigenvalue weighted by atomic mass is 10.1. The summed E-state index contributed by atoms with van der Waals surface area (Å²) in [4.78, 5) is 15.6. The summed E-state index contributed by atoms with van der Waals surface area (Å²) < 4.78 is 32.4. The fraction of sp³-hybridized carbons (Fsp3) is 0.571. The van der Waals surface area contributed by atoms with Crippen LogP contribution in [0.2, 0.25) is 0 Å². The summed E-state index contributed by atoms with van der Waals surface area (Å²) in [6, 6.07) is 2.12. The van der Waals surface area contributed by atoms with Gasteiger partial charge in [0.05, 0.1) is 46.7 Å². The van der Waals surface area contributed by atoms with Crippen molar-refractivity contribution in [2.75, 3.05) is 6.61 Å². The molecule has 0 aliphatic heterocycles. The maximum Gasteiger partial charge on any atom is 0.307 e. The van der Waals surface area contributed by atoms with Crippen molar-refractivity contribution in [1.82, 2.24) is 9.71 Å². The Labute approximate surface area is 126 Å². The van der Waals surface area contributed by atoms with Crippen LogP contribution < -0.4 is 4.72 Å². The molecular weight excluding hydrogens is 295 g/mol. The summed E-state index contributed by atoms with van der Waals surface area (Å²) in [6.45, 7) is 7.43. The van der Waals surface area contributed by atoms with Crippen molar-refractivity contribution >= 4 is 17.0 Å². The molecule has 2 atom stereocenters. The largest absolute Gasteiger partial charge is 0.466 e. The molecule has 0 amide bonds. The van der Waals surface area contributed by atoms with Crippen LogP contribution in [0.25, 0.3) is 0 Å². The molecule has 0 spiro atoms. The third-order valence-electron chi connectivity index (χ3n) is 2.59. The monoisotopic (exact) mass is 316 g/mol. The summed E-state index contributed by atoms with van der Waals surface area (Å²) in [5.41, 5.74) is 0.446. The van der Waals surface area contributed by atoms with Crippen LogP contribution in [0, 0.1) is 5.82 Å². The second kappa shape index (κ2) is 7.61. The van der Waals surface area contributed by atoms with Gasteiger partial charge in [-0.15, -0.1) is 0 Å². The number of hydrogen-bond acceptors (Lipinski definition) is 4. The molecule has 0 bridgehead atoms. The smallest absolute Gasteiger partial charge is 0.307 e. The number of pyridine rings is 1. The van der Waals surface area contributed by atoms with Gasteiger partial charge in [0, 0.05) is 0 Å². The molecule has 7 heteroatoms. The number of esters is 1. The van der Waals surface area contributed by atoms with Gasteiger partial charge >= 0.3 is 5.97 Å². The maximum absolute atomic E-state index is 13.0. The summed E-state index contributed by atoms with van der Waals surface area (Å²) in [5, 5.41) is 0. The molecule has 1 heterocycles. The average molecular weight is 316 g/mol. The van der Waals surface area contributed by atoms with Gasteiger partial charge in [0.1, 0.15) is 5.82 Å². The number of hydrogen-bond donors (Lipinski definition) is 1. The molecule has 0 saturated carbocycles. The molecule has 118 valence electrons. The van der Waals surface area contributed by atoms with Crippen molar-refractivity contribution in [1.29, 1.82) is 0 Å². The van der Waals surface area contributed by atoms with Crippen LogP contribution in [0.15, 0.2) is 18.3 Å². The molecule has 5 nitrogen and oxygen atoms in total. The fourth-order valence-electron chi connectivity index (χ4n) is 1.49. The first kappa shape index (κ1) is 17.7. The number of carbonyl (C=O) groups is 1. The van der Waals surface area contributed by atoms with Crippen LogP contribution >= 0.6 is 0 Å². The molecule has 1 aromatic heterocycles. The number of carbonyl (C=O) groups excluding carboxylic acids is 1. The minimum Gasteiger partial charge on any atom is -0.466 e. The Bertz CT molecular complexity index is 500. The predicted molar refractivity (Wildman–Crippen MR) is 79.2 cm³/mol. The van der Waals surface area contributed by atoms with Crippen LogP contribution in [-0.2, 0) is 20.5 Å². The first-order chi connectivity index (χ1) is 9.74. The first-order valence-electron chi connectivity index (χ1n) is 6.69. The lowest BCUT2D eigenvalue weighted by Gasteiger charge is -2.23. The molecule has 1 rings (SSSR count). The molecule has 0 radical (unpaired) electrons. The van der Waals surface area contributed by atoms with Crippen LogP contribution in [0.3, 0.4) is 0 Å². The fourth-order valence-corrected chi connectivity index (χ4v) is 2.31. The van der Waals surface area contributed by atoms with Gasteiger partial charge in [-0.1, -0.05) is 0 Å². The van der Waals surface area contributed by atoms with E-state index in [4.69, 9.17) is 4.74 Å². The van der Waals surface area contributed by atoms with E-state index in [1.807, 2.05) is 20.8 Å². The van der Waals surface area contributed by atoms with E-state index in [1.54, 1.807) is 6.92 Å². The second-order valence-corrected chi connectivity index (χ2v) is 7.46. The molecule has 0 aromatic carbocycles. The molecule has 0 aliphatic rings. The standard InChI is InChI=1S/C14H21FN2O3S/c1-5-20-13(18)8-12(17-21(19)14(2,3)4)11-7-6-10(15)9-16-11/h6-7,9,12,17H,5,8H2,1-4H3. The summed E-state index contributed by atoms with van der Waals surface area (Å²) >= 11 is 0. The summed E-state index contributed by atoms with van der Waals surface area (Å²) in [6.07, 6.45) is 1.05. The number of ether oxygens (including phenoxy) is 1. The van der Waals surface area contributed by atoms with Gasteiger partial charge in [0.25, 0.3) is 0 Å². The average Bonchev–Trinajstić information content (AvgIpc) is 2.38. The van der Waals surface area contributed by atoms with Crippen molar-refractivity contribution in [3.8, 4) is 0 Å². The third kappa shape index (κ3) is 5.89. The normalized spacial score (nSPS) is 14.5. The Morgan fingerprint density at radius 3 is 2.62 bits per heavy atom. The SMILES string of the molecule is CCOC(=O)CC(NS(=O)C(C)(C)C)c1ccc(F)cn1. The zero-order chi connectivity index (χ0) is 16.0. The molecule has 21 heavy (non-hydrogen) atoms. The minimum atomic E-state index is -1.39. The van der Waals surface area contributed by atoms with E-state index < -0.39 is 33.6 Å². The predicted octanol–water partition coefficient (Wildman–Crippen LogP) is 2.27. The number of nitrogens with one attached hydrogen (secondary N) is 1. The van der Waals surface area contributed by atoms with Crippen LogP contribution in [-0.4, -0.2) is 26.5 Å². The molecule has 0 fully saturated rings. The van der Waals surface area contributed by atoms with Crippen LogP contribution in [0.5, 0.6) is 0 Å². The quantitative estimate of drug-likeness (QED) is 0.818. The van der Waals surface area contributed by atoms with E-state index in [1.165, 1.54) is 12.1 Å². The van der Waals surface area contributed by atoms with Gasteiger partial charge in [-0.2, -0.15) is 0 Å². The van der Waals surface area contributed by atoms with E-state index in [2.05, 4.69) is 9.71 Å². The minimum absolute atomic E-state index is 0.0196. The Hall–Kier alpha value is -1.34. The molecular formula is C14H21FN2O3S. The van der Waals surface area contributed by atoms with Crippen LogP contribution in [0.1, 0.15) is 45.9 Å². The lowest BCUT2D eigenvalue weighted by Crippen LogP contribution is -2.37. The molecule has 2 unspecified atom stereocenters. The van der Waals surface area contributed by atoms with Gasteiger partial charge in [-0.3, -0.25) is 9.78 Å². The van der Waals surface area contributed by atoms with Crippen molar-refractivity contribution in [2.45, 2.75) is 44.9 Å². The molecule has 1 N–H and O–H groups in total. The third-order valence-corrected chi connectivity index (χ3v) is 4.20. The molecule has 0 aliphatic carbocycles. The summed E-state index contributed by atoms with van der Waals surface area (Å²) in [7, 11) is -1.39. The highest BCUT2D eigenvalue weighted by atomic mass is 32.2. The van der Waals surface area contributed by atoms with Crippen LogP contribution in [0.4, 0.5) is 4.39 Å². The Balaban J connectivity index is 2.91. The van der Waals surface area contributed by atoms with Gasteiger partial charge in [0.2, 0.25) is 0 Å². The topological polar surface area (TPSA) is 68.3 Å². The lowest BCUT2D eigenvalue weighted by molar-refractivity contribution is -0.143. The van der Waals surface area contributed by atoms with Gasteiger partial charge < -0.3 is 4.74 Å². The zero-order valence-electron chi connectivity index (χ0n) is 12.7. The van der Waals surface area contributed by atoms with Crippen molar-refractivity contribution in [3.63, 3.8) is 0 Å². The van der Waals surface area contributed by atoms with E-state index >= 15 is 0 Å². The van der Waals surface area contributed by atoms with Crippen molar-refractivity contribution in [2.24, 2.45) is 0 Å². The number of aromatic nitrogens is 1. The highest BCUT2D eigenvalue weighted by Crippen LogP contribution is 2.19. The number of nitrogens with zero attached hydrogens (tertiary/aromatic N) is 1. The summed E-state index contributed by atoms with van der Waals surface area (Å²) in [5.74, 6) is -0.891. The Kier molecular flexibility index (Phi) is 6.42. The zero-order valence-corrected chi connectivity index (χ0v) is 13.5. The second-order valence-electron chi connectivity index (χ2n) is 5.46. The van der Waals surface area contributed by atoms with E-state index in [-0.39, 0.29) is 13.0 Å². The van der Waals surface area contributed by atoms with Crippen molar-refractivity contribution < 1.29 is 18.1 Å². The molecule has 0 saturated heterocycles. The highest BCUT2D eigenvalue weighted by molar-refractivity contribution is 7.84. The van der Waals surface area contributed by atoms with E-state index in [9.17, 15) is 13.4 Å². The number of halogens is 1. The highest BCUT2D eigenvalue weighted by Gasteiger charge is 2.26. The number of rotatable bonds is 6. The van der Waals surface area contributed by atoms with E-state index in [0.29, 0.717) is 5.69 Å². The Morgan fingerprint density at radius 2 is 2.14 bits per heavy atom. The molecule has 1 aromatic rings. The van der Waals surface area contributed by atoms with Gasteiger partial charge in [0.15, 0.2) is 0 Å². The van der Waals surface area contributed by atoms with Crippen molar-refractivity contribution in [3.05, 3.63) is 29.8 Å².